The van der Waals surface area contributed by atoms with Crippen LogP contribution >= 0.6 is 0 Å². The van der Waals surface area contributed by atoms with Gasteiger partial charge in [-0.1, -0.05) is 12.5 Å². The number of halogens is 2. The zero-order valence-corrected chi connectivity index (χ0v) is 11.0. The Kier molecular flexibility index (Phi) is 3.54. The lowest BCUT2D eigenvalue weighted by Crippen LogP contribution is -2.42. The molecule has 0 bridgehead atoms. The van der Waals surface area contributed by atoms with Crippen LogP contribution in [-0.2, 0) is 0 Å². The zero-order valence-electron chi connectivity index (χ0n) is 11.0. The molecule has 1 aromatic rings. The molecule has 2 atom stereocenters. The van der Waals surface area contributed by atoms with Crippen LogP contribution in [-0.4, -0.2) is 23.5 Å². The molecule has 2 aliphatic rings. The number of nitrogens with two attached hydrogens (primary N) is 1. The third-order valence-electron chi connectivity index (χ3n) is 4.28. The van der Waals surface area contributed by atoms with Crippen LogP contribution < -0.4 is 5.73 Å². The molecule has 1 saturated heterocycles. The van der Waals surface area contributed by atoms with Crippen LogP contribution in [0.2, 0.25) is 0 Å². The Morgan fingerprint density at radius 1 is 1.05 bits per heavy atom. The first kappa shape index (κ1) is 13.0. The first-order valence-corrected chi connectivity index (χ1v) is 7.13. The molecule has 1 aromatic carbocycles. The first-order chi connectivity index (χ1) is 9.18. The Morgan fingerprint density at radius 2 is 1.74 bits per heavy atom. The third-order valence-corrected chi connectivity index (χ3v) is 4.28. The quantitative estimate of drug-likeness (QED) is 0.891. The molecule has 1 heterocycles. The minimum absolute atomic E-state index is 0.170. The normalized spacial score (nSPS) is 29.2. The van der Waals surface area contributed by atoms with Crippen LogP contribution in [0, 0.1) is 11.6 Å². The highest BCUT2D eigenvalue weighted by atomic mass is 19.1. The van der Waals surface area contributed by atoms with Crippen LogP contribution in [0.4, 0.5) is 8.78 Å². The van der Waals surface area contributed by atoms with Crippen molar-refractivity contribution < 1.29 is 8.78 Å². The van der Waals surface area contributed by atoms with Gasteiger partial charge in [0.05, 0.1) is 6.04 Å². The number of hydrogen-bond donors (Lipinski definition) is 1. The maximum Gasteiger partial charge on any atom is 0.130 e. The van der Waals surface area contributed by atoms with Gasteiger partial charge in [-0.2, -0.15) is 0 Å². The Hall–Kier alpha value is -1.00. The molecule has 1 saturated carbocycles. The lowest BCUT2D eigenvalue weighted by Gasteiger charge is -2.34. The average molecular weight is 266 g/mol. The zero-order chi connectivity index (χ0) is 13.4. The number of hydrogen-bond acceptors (Lipinski definition) is 2. The van der Waals surface area contributed by atoms with E-state index in [0.717, 1.165) is 38.6 Å². The molecule has 2 nitrogen and oxygen atoms in total. The van der Waals surface area contributed by atoms with Crippen LogP contribution in [0.5, 0.6) is 0 Å². The van der Waals surface area contributed by atoms with Gasteiger partial charge in [0.25, 0.3) is 0 Å². The van der Waals surface area contributed by atoms with Crippen molar-refractivity contribution in [3.8, 4) is 0 Å². The van der Waals surface area contributed by atoms with Crippen LogP contribution in [0.1, 0.15) is 43.7 Å². The first-order valence-electron chi connectivity index (χ1n) is 7.13. The minimum atomic E-state index is -0.465. The van der Waals surface area contributed by atoms with Gasteiger partial charge in [-0.25, -0.2) is 8.78 Å². The molecule has 0 amide bonds. The van der Waals surface area contributed by atoms with Crippen molar-refractivity contribution in [1.29, 1.82) is 0 Å². The number of likely N-dealkylation sites (tertiary alicyclic amines) is 1. The van der Waals surface area contributed by atoms with Gasteiger partial charge in [-0.3, -0.25) is 4.90 Å². The van der Waals surface area contributed by atoms with Gasteiger partial charge in [0.1, 0.15) is 11.6 Å². The van der Waals surface area contributed by atoms with Gasteiger partial charge >= 0.3 is 0 Å². The number of benzene rings is 1. The van der Waals surface area contributed by atoms with E-state index in [1.54, 1.807) is 0 Å². The second kappa shape index (κ2) is 5.17. The maximum atomic E-state index is 14.1. The minimum Gasteiger partial charge on any atom is -0.326 e. The summed E-state index contributed by atoms with van der Waals surface area (Å²) in [4.78, 5) is 2.24. The molecule has 3 rings (SSSR count). The van der Waals surface area contributed by atoms with Crippen molar-refractivity contribution in [1.82, 2.24) is 4.90 Å². The van der Waals surface area contributed by atoms with Gasteiger partial charge in [0.15, 0.2) is 0 Å². The van der Waals surface area contributed by atoms with Crippen molar-refractivity contribution in [2.75, 3.05) is 6.54 Å². The molecule has 0 radical (unpaired) electrons. The highest BCUT2D eigenvalue weighted by Crippen LogP contribution is 2.40. The van der Waals surface area contributed by atoms with Gasteiger partial charge in [-0.15, -0.1) is 0 Å². The fourth-order valence-corrected chi connectivity index (χ4v) is 3.21. The van der Waals surface area contributed by atoms with Crippen LogP contribution in [0.25, 0.3) is 0 Å². The van der Waals surface area contributed by atoms with Crippen molar-refractivity contribution in [3.63, 3.8) is 0 Å². The Morgan fingerprint density at radius 3 is 2.37 bits per heavy atom. The number of rotatable bonds is 2. The van der Waals surface area contributed by atoms with E-state index in [4.69, 9.17) is 5.73 Å². The highest BCUT2D eigenvalue weighted by Gasteiger charge is 2.40. The van der Waals surface area contributed by atoms with E-state index in [9.17, 15) is 8.78 Å². The summed E-state index contributed by atoms with van der Waals surface area (Å²) in [5.74, 6) is -0.930. The molecule has 1 aliphatic heterocycles. The smallest absolute Gasteiger partial charge is 0.130 e. The Bertz CT molecular complexity index is 439. The van der Waals surface area contributed by atoms with Gasteiger partial charge in [0.2, 0.25) is 0 Å². The standard InChI is InChI=1S/C15H20F2N2/c16-11-4-3-5-12(17)14(11)15-13(18)6-1-2-9-19(15)10-7-8-10/h3-5,10,13,15H,1-2,6-9,18H2. The van der Waals surface area contributed by atoms with Crippen molar-refractivity contribution >= 4 is 0 Å². The predicted molar refractivity (Wildman–Crippen MR) is 70.7 cm³/mol. The van der Waals surface area contributed by atoms with E-state index >= 15 is 0 Å². The molecular formula is C15H20F2N2. The molecule has 0 aromatic heterocycles. The molecule has 1 aliphatic carbocycles. The van der Waals surface area contributed by atoms with Gasteiger partial charge < -0.3 is 5.73 Å². The van der Waals surface area contributed by atoms with Crippen LogP contribution in [0.3, 0.4) is 0 Å². The van der Waals surface area contributed by atoms with Crippen molar-refractivity contribution in [2.45, 2.75) is 50.2 Å². The largest absolute Gasteiger partial charge is 0.326 e. The fourth-order valence-electron chi connectivity index (χ4n) is 3.21. The number of nitrogens with zero attached hydrogens (tertiary/aromatic N) is 1. The monoisotopic (exact) mass is 266 g/mol. The fraction of sp³-hybridized carbons (Fsp3) is 0.600. The summed E-state index contributed by atoms with van der Waals surface area (Å²) in [7, 11) is 0. The second-order valence-electron chi connectivity index (χ2n) is 5.71. The summed E-state index contributed by atoms with van der Waals surface area (Å²) in [6, 6.07) is 4.05. The summed E-state index contributed by atoms with van der Waals surface area (Å²) in [6.07, 6.45) is 5.19. The summed E-state index contributed by atoms with van der Waals surface area (Å²) in [5, 5.41) is 0. The van der Waals surface area contributed by atoms with Gasteiger partial charge in [-0.05, 0) is 44.4 Å². The topological polar surface area (TPSA) is 29.3 Å². The molecule has 0 spiro atoms. The highest BCUT2D eigenvalue weighted by molar-refractivity contribution is 5.26. The molecule has 4 heteroatoms. The predicted octanol–water partition coefficient (Wildman–Crippen LogP) is 2.98. The second-order valence-corrected chi connectivity index (χ2v) is 5.71. The third kappa shape index (κ3) is 2.51. The van der Waals surface area contributed by atoms with E-state index in [1.807, 2.05) is 0 Å². The Balaban J connectivity index is 2.01. The van der Waals surface area contributed by atoms with Crippen LogP contribution in [0.15, 0.2) is 18.2 Å². The Labute approximate surface area is 112 Å². The summed E-state index contributed by atoms with van der Waals surface area (Å²) in [5.41, 5.74) is 6.40. The molecule has 2 fully saturated rings. The molecule has 19 heavy (non-hydrogen) atoms. The van der Waals surface area contributed by atoms with Crippen molar-refractivity contribution in [3.05, 3.63) is 35.4 Å². The van der Waals surface area contributed by atoms with Crippen molar-refractivity contribution in [2.24, 2.45) is 5.73 Å². The molecular weight excluding hydrogens is 246 g/mol. The summed E-state index contributed by atoms with van der Waals surface area (Å²) >= 11 is 0. The molecule has 2 unspecified atom stereocenters. The lowest BCUT2D eigenvalue weighted by atomic mass is 9.95. The van der Waals surface area contributed by atoms with E-state index in [2.05, 4.69) is 4.90 Å². The summed E-state index contributed by atoms with van der Waals surface area (Å²) < 4.78 is 28.2. The average Bonchev–Trinajstić information content (AvgIpc) is 3.18. The molecule has 104 valence electrons. The van der Waals surface area contributed by atoms with E-state index in [0.29, 0.717) is 6.04 Å². The summed E-state index contributed by atoms with van der Waals surface area (Å²) in [6.45, 7) is 0.900. The maximum absolute atomic E-state index is 14.1. The lowest BCUT2D eigenvalue weighted by molar-refractivity contribution is 0.168. The molecule has 2 N–H and O–H groups in total. The van der Waals surface area contributed by atoms with E-state index in [-0.39, 0.29) is 17.6 Å². The van der Waals surface area contributed by atoms with Gasteiger partial charge in [0, 0.05) is 17.6 Å². The van der Waals surface area contributed by atoms with E-state index in [1.165, 1.54) is 18.2 Å². The van der Waals surface area contributed by atoms with E-state index < -0.39 is 11.6 Å². The SMILES string of the molecule is NC1CCCCN(C2CC2)C1c1c(F)cccc1F.